The molecule has 3 rings (SSSR count). The van der Waals surface area contributed by atoms with Crippen LogP contribution in [0.25, 0.3) is 0 Å². The number of amides is 2. The van der Waals surface area contributed by atoms with Crippen LogP contribution in [0.15, 0.2) is 52.4 Å². The molecule has 10 nitrogen and oxygen atoms in total. The average molecular weight is 446 g/mol. The molecule has 2 amide bonds. The number of carbonyl (C=O) groups excluding carboxylic acids is 2. The maximum absolute atomic E-state index is 12.3. The molecule has 0 bridgehead atoms. The molecule has 0 saturated heterocycles. The summed E-state index contributed by atoms with van der Waals surface area (Å²) < 4.78 is 37.0. The lowest BCUT2D eigenvalue weighted by Gasteiger charge is -2.11. The molecule has 1 heterocycles. The molecule has 31 heavy (non-hydrogen) atoms. The predicted molar refractivity (Wildman–Crippen MR) is 113 cm³/mol. The van der Waals surface area contributed by atoms with Gasteiger partial charge < -0.3 is 9.47 Å². The topological polar surface area (TPSA) is 135 Å². The summed E-state index contributed by atoms with van der Waals surface area (Å²) in [5.74, 6) is 0.0851. The second-order valence-electron chi connectivity index (χ2n) is 6.38. The van der Waals surface area contributed by atoms with Gasteiger partial charge in [0, 0.05) is 17.5 Å². The lowest BCUT2D eigenvalue weighted by atomic mass is 10.2. The van der Waals surface area contributed by atoms with Crippen molar-refractivity contribution in [3.05, 3.63) is 53.6 Å². The highest BCUT2D eigenvalue weighted by atomic mass is 32.2. The number of nitrogens with one attached hydrogen (secondary N) is 3. The van der Waals surface area contributed by atoms with E-state index in [1.165, 1.54) is 19.2 Å². The first kappa shape index (κ1) is 22.1. The van der Waals surface area contributed by atoms with Crippen molar-refractivity contribution in [2.75, 3.05) is 20.3 Å². The zero-order valence-corrected chi connectivity index (χ0v) is 17.8. The summed E-state index contributed by atoms with van der Waals surface area (Å²) in [5.41, 5.74) is 5.35. The minimum atomic E-state index is -3.63. The van der Waals surface area contributed by atoms with Crippen molar-refractivity contribution in [1.82, 2.24) is 15.6 Å². The summed E-state index contributed by atoms with van der Waals surface area (Å²) >= 11 is 0. The fraction of sp³-hybridized carbons (Fsp3) is 0.250. The lowest BCUT2D eigenvalue weighted by molar-refractivity contribution is -0.121. The minimum Gasteiger partial charge on any atom is -0.493 e. The summed E-state index contributed by atoms with van der Waals surface area (Å²) in [6.07, 6.45) is -0.0553. The normalized spacial score (nSPS) is 15.0. The van der Waals surface area contributed by atoms with Gasteiger partial charge in [-0.3, -0.25) is 30.2 Å². The van der Waals surface area contributed by atoms with Crippen LogP contribution in [0.5, 0.6) is 11.5 Å². The second kappa shape index (κ2) is 9.47. The number of hydrazine groups is 1. The number of hydrogen-bond donors (Lipinski definition) is 3. The number of methoxy groups -OCH3 is 1. The Morgan fingerprint density at radius 3 is 2.61 bits per heavy atom. The third-order valence-electron chi connectivity index (χ3n) is 4.31. The molecular formula is C20H22N4O6S. The van der Waals surface area contributed by atoms with Gasteiger partial charge in [0.1, 0.15) is 5.84 Å². The van der Waals surface area contributed by atoms with Gasteiger partial charge in [0.15, 0.2) is 11.5 Å². The number of aliphatic imine (C=N–C) groups is 1. The molecule has 1 aliphatic rings. The Labute approximate surface area is 179 Å². The molecule has 0 radical (unpaired) electrons. The number of fused-ring (bicyclic) bond motifs is 1. The first-order valence-electron chi connectivity index (χ1n) is 9.42. The first-order chi connectivity index (χ1) is 14.9. The second-order valence-corrected chi connectivity index (χ2v) is 8.03. The molecule has 2 aromatic carbocycles. The Kier molecular flexibility index (Phi) is 6.75. The van der Waals surface area contributed by atoms with Gasteiger partial charge in [-0.2, -0.15) is 0 Å². The zero-order valence-electron chi connectivity index (χ0n) is 17.0. The van der Waals surface area contributed by atoms with E-state index >= 15 is 0 Å². The van der Waals surface area contributed by atoms with E-state index in [9.17, 15) is 18.0 Å². The molecule has 0 atom stereocenters. The summed E-state index contributed by atoms with van der Waals surface area (Å²) in [7, 11) is -2.16. The molecule has 0 saturated carbocycles. The van der Waals surface area contributed by atoms with Crippen LogP contribution < -0.4 is 25.0 Å². The fourth-order valence-electron chi connectivity index (χ4n) is 2.87. The van der Waals surface area contributed by atoms with Crippen LogP contribution in [-0.2, 0) is 14.8 Å². The van der Waals surface area contributed by atoms with Crippen molar-refractivity contribution in [1.29, 1.82) is 0 Å². The number of amidine groups is 1. The van der Waals surface area contributed by atoms with Gasteiger partial charge in [-0.25, -0.2) is 8.42 Å². The highest BCUT2D eigenvalue weighted by Crippen LogP contribution is 2.28. The van der Waals surface area contributed by atoms with Crippen LogP contribution in [0.2, 0.25) is 0 Å². The van der Waals surface area contributed by atoms with Gasteiger partial charge in [0.05, 0.1) is 25.2 Å². The summed E-state index contributed by atoms with van der Waals surface area (Å²) in [5, 5.41) is 0. The highest BCUT2D eigenvalue weighted by Gasteiger charge is 2.29. The first-order valence-corrected chi connectivity index (χ1v) is 10.9. The third kappa shape index (κ3) is 5.12. The van der Waals surface area contributed by atoms with Gasteiger partial charge in [0.25, 0.3) is 15.9 Å². The Hall–Kier alpha value is -3.60. The molecule has 1 aliphatic heterocycles. The SMILES string of the molecule is CCOc1ccc(C(=O)NNC(=O)CCN=C2NS(=O)(=O)c3ccccc32)cc1OC. The van der Waals surface area contributed by atoms with Gasteiger partial charge in [-0.1, -0.05) is 12.1 Å². The summed E-state index contributed by atoms with van der Waals surface area (Å²) in [4.78, 5) is 28.6. The molecule has 0 fully saturated rings. The third-order valence-corrected chi connectivity index (χ3v) is 5.71. The van der Waals surface area contributed by atoms with E-state index in [0.29, 0.717) is 23.7 Å². The molecule has 0 spiro atoms. The fourth-order valence-corrected chi connectivity index (χ4v) is 4.12. The van der Waals surface area contributed by atoms with E-state index in [1.807, 2.05) is 6.92 Å². The van der Waals surface area contributed by atoms with Crippen molar-refractivity contribution < 1.29 is 27.5 Å². The number of nitrogens with zero attached hydrogens (tertiary/aromatic N) is 1. The van der Waals surface area contributed by atoms with E-state index < -0.39 is 21.8 Å². The molecule has 11 heteroatoms. The van der Waals surface area contributed by atoms with Crippen molar-refractivity contribution in [2.24, 2.45) is 4.99 Å². The van der Waals surface area contributed by atoms with Crippen LogP contribution in [0, 0.1) is 0 Å². The van der Waals surface area contributed by atoms with E-state index in [-0.39, 0.29) is 29.3 Å². The molecule has 164 valence electrons. The molecule has 2 aromatic rings. The Morgan fingerprint density at radius 1 is 1.10 bits per heavy atom. The van der Waals surface area contributed by atoms with E-state index in [4.69, 9.17) is 9.47 Å². The molecule has 0 unspecified atom stereocenters. The molecular weight excluding hydrogens is 424 g/mol. The van der Waals surface area contributed by atoms with Crippen molar-refractivity contribution in [3.8, 4) is 11.5 Å². The number of benzene rings is 2. The zero-order chi connectivity index (χ0) is 22.4. The standard InChI is InChI=1S/C20H22N4O6S/c1-3-30-15-9-8-13(12-16(15)29-2)20(26)23-22-18(25)10-11-21-19-14-6-4-5-7-17(14)31(27,28)24-19/h4-9,12H,3,10-11H2,1-2H3,(H,21,24)(H,22,25)(H,23,26). The van der Waals surface area contributed by atoms with Gasteiger partial charge in [0.2, 0.25) is 5.91 Å². The monoisotopic (exact) mass is 446 g/mol. The molecule has 0 aliphatic carbocycles. The number of rotatable bonds is 7. The van der Waals surface area contributed by atoms with Crippen molar-refractivity contribution in [2.45, 2.75) is 18.2 Å². The van der Waals surface area contributed by atoms with E-state index in [1.54, 1.807) is 30.3 Å². The highest BCUT2D eigenvalue weighted by molar-refractivity contribution is 7.90. The number of carbonyl (C=O) groups is 2. The number of sulfonamides is 1. The van der Waals surface area contributed by atoms with Crippen LogP contribution >= 0.6 is 0 Å². The van der Waals surface area contributed by atoms with Gasteiger partial charge >= 0.3 is 0 Å². The van der Waals surface area contributed by atoms with Crippen molar-refractivity contribution in [3.63, 3.8) is 0 Å². The average Bonchev–Trinajstić information content (AvgIpc) is 3.03. The van der Waals surface area contributed by atoms with Gasteiger partial charge in [-0.05, 0) is 37.3 Å². The minimum absolute atomic E-state index is 0.0325. The maximum atomic E-state index is 12.3. The molecule has 3 N–H and O–H groups in total. The largest absolute Gasteiger partial charge is 0.493 e. The van der Waals surface area contributed by atoms with Crippen LogP contribution in [0.1, 0.15) is 29.3 Å². The van der Waals surface area contributed by atoms with Gasteiger partial charge in [-0.15, -0.1) is 0 Å². The van der Waals surface area contributed by atoms with Crippen LogP contribution in [0.4, 0.5) is 0 Å². The Morgan fingerprint density at radius 2 is 1.87 bits per heavy atom. The summed E-state index contributed by atoms with van der Waals surface area (Å²) in [6.45, 7) is 2.32. The predicted octanol–water partition coefficient (Wildman–Crippen LogP) is 0.984. The quantitative estimate of drug-likeness (QED) is 0.543. The maximum Gasteiger partial charge on any atom is 0.269 e. The van der Waals surface area contributed by atoms with Crippen LogP contribution in [0.3, 0.4) is 0 Å². The number of hydrogen-bond acceptors (Lipinski definition) is 7. The Bertz CT molecular complexity index is 1130. The number of ether oxygens (including phenoxy) is 2. The smallest absolute Gasteiger partial charge is 0.269 e. The van der Waals surface area contributed by atoms with E-state index in [0.717, 1.165) is 0 Å². The van der Waals surface area contributed by atoms with Crippen molar-refractivity contribution >= 4 is 27.7 Å². The molecule has 0 aromatic heterocycles. The lowest BCUT2D eigenvalue weighted by Crippen LogP contribution is -2.41. The van der Waals surface area contributed by atoms with E-state index in [2.05, 4.69) is 20.6 Å². The van der Waals surface area contributed by atoms with Crippen LogP contribution in [-0.4, -0.2) is 46.3 Å². The summed E-state index contributed by atoms with van der Waals surface area (Å²) in [6, 6.07) is 11.1. The Balaban J connectivity index is 1.53.